The predicted molar refractivity (Wildman–Crippen MR) is 106 cm³/mol. The summed E-state index contributed by atoms with van der Waals surface area (Å²) >= 11 is 12.4. The number of aromatic nitrogens is 5. The van der Waals surface area contributed by atoms with Crippen molar-refractivity contribution in [3.05, 3.63) is 82.6 Å². The van der Waals surface area contributed by atoms with E-state index < -0.39 is 0 Å². The first-order chi connectivity index (χ1) is 13.2. The molecule has 1 N–H and O–H groups in total. The van der Waals surface area contributed by atoms with Crippen LogP contribution in [-0.2, 0) is 6.54 Å². The number of benzene rings is 2. The summed E-state index contributed by atoms with van der Waals surface area (Å²) in [6.45, 7) is 0.539. The molecule has 0 spiro atoms. The number of nitrogens with zero attached hydrogens (tertiary/aromatic N) is 5. The smallest absolute Gasteiger partial charge is 0.248 e. The highest BCUT2D eigenvalue weighted by molar-refractivity contribution is 6.43. The average Bonchev–Trinajstić information content (AvgIpc) is 3.18. The quantitative estimate of drug-likeness (QED) is 0.531. The van der Waals surface area contributed by atoms with Crippen LogP contribution in [0.15, 0.2) is 67.0 Å². The van der Waals surface area contributed by atoms with Crippen molar-refractivity contribution in [1.82, 2.24) is 25.2 Å². The maximum Gasteiger partial charge on any atom is 0.248 e. The lowest BCUT2D eigenvalue weighted by Crippen LogP contribution is -2.08. The van der Waals surface area contributed by atoms with Crippen LogP contribution in [0.3, 0.4) is 0 Å². The Morgan fingerprint density at radius 2 is 1.74 bits per heavy atom. The van der Waals surface area contributed by atoms with Crippen molar-refractivity contribution in [3.8, 4) is 16.8 Å². The van der Waals surface area contributed by atoms with E-state index >= 15 is 0 Å². The minimum Gasteiger partial charge on any atom is -0.349 e. The molecule has 6 nitrogen and oxygen atoms in total. The molecule has 0 aliphatic carbocycles. The van der Waals surface area contributed by atoms with Gasteiger partial charge in [0.15, 0.2) is 0 Å². The second-order valence-corrected chi connectivity index (χ2v) is 6.52. The summed E-state index contributed by atoms with van der Waals surface area (Å²) in [5.41, 5.74) is 3.93. The highest BCUT2D eigenvalue weighted by Gasteiger charge is 2.13. The van der Waals surface area contributed by atoms with Gasteiger partial charge in [0.25, 0.3) is 0 Å². The molecule has 4 rings (SSSR count). The van der Waals surface area contributed by atoms with Crippen LogP contribution in [-0.4, -0.2) is 25.2 Å². The lowest BCUT2D eigenvalue weighted by molar-refractivity contribution is 0.789. The van der Waals surface area contributed by atoms with Crippen molar-refractivity contribution in [2.45, 2.75) is 6.54 Å². The molecule has 8 heteroatoms. The van der Waals surface area contributed by atoms with E-state index in [-0.39, 0.29) is 0 Å². The maximum absolute atomic E-state index is 6.30. The van der Waals surface area contributed by atoms with Crippen LogP contribution in [0.2, 0.25) is 10.0 Å². The van der Waals surface area contributed by atoms with Crippen LogP contribution in [0.1, 0.15) is 5.56 Å². The first-order valence-corrected chi connectivity index (χ1v) is 8.94. The van der Waals surface area contributed by atoms with E-state index in [4.69, 9.17) is 23.2 Å². The van der Waals surface area contributed by atoms with E-state index in [1.165, 1.54) is 4.68 Å². The number of nitrogens with one attached hydrogen (secondary N) is 1. The second kappa shape index (κ2) is 7.73. The SMILES string of the molecule is Clc1cccc(-n2nnnc2NCc2ccccc2-c2ccncc2)c1Cl. The number of rotatable bonds is 5. The van der Waals surface area contributed by atoms with Gasteiger partial charge >= 0.3 is 0 Å². The zero-order valence-electron chi connectivity index (χ0n) is 14.0. The lowest BCUT2D eigenvalue weighted by Gasteiger charge is -2.12. The molecule has 2 aromatic carbocycles. The van der Waals surface area contributed by atoms with Gasteiger partial charge in [0, 0.05) is 18.9 Å². The Bertz CT molecular complexity index is 1060. The van der Waals surface area contributed by atoms with Gasteiger partial charge in [0.1, 0.15) is 0 Å². The van der Waals surface area contributed by atoms with Crippen LogP contribution >= 0.6 is 23.2 Å². The Kier molecular flexibility index (Phi) is 5.00. The number of anilines is 1. The summed E-state index contributed by atoms with van der Waals surface area (Å²) in [7, 11) is 0. The van der Waals surface area contributed by atoms with Gasteiger partial charge in [0.05, 0.1) is 15.7 Å². The summed E-state index contributed by atoms with van der Waals surface area (Å²) in [5, 5.41) is 15.9. The predicted octanol–water partition coefficient (Wildman–Crippen LogP) is 4.64. The zero-order chi connectivity index (χ0) is 18.6. The minimum absolute atomic E-state index is 0.395. The van der Waals surface area contributed by atoms with E-state index in [1.54, 1.807) is 30.6 Å². The van der Waals surface area contributed by atoms with Gasteiger partial charge in [-0.3, -0.25) is 4.98 Å². The number of hydrogen-bond donors (Lipinski definition) is 1. The van der Waals surface area contributed by atoms with Crippen molar-refractivity contribution < 1.29 is 0 Å². The third kappa shape index (κ3) is 3.63. The molecule has 0 radical (unpaired) electrons. The minimum atomic E-state index is 0.395. The number of pyridine rings is 1. The molecular formula is C19H14Cl2N6. The summed E-state index contributed by atoms with van der Waals surface area (Å²) < 4.78 is 1.53. The van der Waals surface area contributed by atoms with Crippen LogP contribution in [0.4, 0.5) is 5.95 Å². The number of tetrazole rings is 1. The molecule has 4 aromatic rings. The molecule has 0 saturated heterocycles. The molecule has 2 heterocycles. The number of halogens is 2. The highest BCUT2D eigenvalue weighted by Crippen LogP contribution is 2.29. The molecule has 0 fully saturated rings. The molecule has 134 valence electrons. The van der Waals surface area contributed by atoms with Gasteiger partial charge in [-0.1, -0.05) is 58.6 Å². The number of hydrogen-bond acceptors (Lipinski definition) is 5. The summed E-state index contributed by atoms with van der Waals surface area (Å²) in [5.74, 6) is 0.476. The molecule has 27 heavy (non-hydrogen) atoms. The monoisotopic (exact) mass is 396 g/mol. The first kappa shape index (κ1) is 17.5. The third-order valence-corrected chi connectivity index (χ3v) is 4.88. The van der Waals surface area contributed by atoms with Gasteiger partial charge in [-0.25, -0.2) is 0 Å². The summed E-state index contributed by atoms with van der Waals surface area (Å²) in [6.07, 6.45) is 3.56. The van der Waals surface area contributed by atoms with E-state index in [1.807, 2.05) is 24.3 Å². The topological polar surface area (TPSA) is 68.5 Å². The summed E-state index contributed by atoms with van der Waals surface area (Å²) in [4.78, 5) is 4.08. The largest absolute Gasteiger partial charge is 0.349 e. The van der Waals surface area contributed by atoms with Crippen LogP contribution in [0.5, 0.6) is 0 Å². The van der Waals surface area contributed by atoms with Crippen molar-refractivity contribution in [3.63, 3.8) is 0 Å². The van der Waals surface area contributed by atoms with E-state index in [0.717, 1.165) is 16.7 Å². The summed E-state index contributed by atoms with van der Waals surface area (Å²) in [6, 6.07) is 17.4. The van der Waals surface area contributed by atoms with Gasteiger partial charge in [-0.05, 0) is 51.4 Å². The molecular weight excluding hydrogens is 383 g/mol. The van der Waals surface area contributed by atoms with Crippen molar-refractivity contribution in [1.29, 1.82) is 0 Å². The van der Waals surface area contributed by atoms with Crippen LogP contribution in [0, 0.1) is 0 Å². The molecule has 0 aliphatic heterocycles. The van der Waals surface area contributed by atoms with Crippen LogP contribution < -0.4 is 5.32 Å². The molecule has 0 amide bonds. The van der Waals surface area contributed by atoms with Crippen molar-refractivity contribution in [2.75, 3.05) is 5.32 Å². The zero-order valence-corrected chi connectivity index (χ0v) is 15.6. The maximum atomic E-state index is 6.30. The van der Waals surface area contributed by atoms with Crippen LogP contribution in [0.25, 0.3) is 16.8 Å². The Morgan fingerprint density at radius 3 is 2.59 bits per heavy atom. The normalized spacial score (nSPS) is 10.7. The van der Waals surface area contributed by atoms with Gasteiger partial charge in [-0.15, -0.1) is 0 Å². The molecule has 0 saturated carbocycles. The van der Waals surface area contributed by atoms with Crippen molar-refractivity contribution in [2.24, 2.45) is 0 Å². The van der Waals surface area contributed by atoms with Gasteiger partial charge in [0.2, 0.25) is 5.95 Å². The van der Waals surface area contributed by atoms with Gasteiger partial charge in [-0.2, -0.15) is 4.68 Å². The Labute approximate surface area is 165 Å². The highest BCUT2D eigenvalue weighted by atomic mass is 35.5. The Hall–Kier alpha value is -2.96. The first-order valence-electron chi connectivity index (χ1n) is 8.19. The fourth-order valence-electron chi connectivity index (χ4n) is 2.78. The van der Waals surface area contributed by atoms with E-state index in [0.29, 0.717) is 28.2 Å². The third-order valence-electron chi connectivity index (χ3n) is 4.07. The lowest BCUT2D eigenvalue weighted by atomic mass is 10.0. The Morgan fingerprint density at radius 1 is 0.926 bits per heavy atom. The average molecular weight is 397 g/mol. The fourth-order valence-corrected chi connectivity index (χ4v) is 3.15. The molecule has 0 bridgehead atoms. The molecule has 0 unspecified atom stereocenters. The van der Waals surface area contributed by atoms with E-state index in [2.05, 4.69) is 38.0 Å². The molecule has 2 aromatic heterocycles. The Balaban J connectivity index is 1.62. The standard InChI is InChI=1S/C19H14Cl2N6/c20-16-6-3-7-17(18(16)21)27-19(24-25-26-27)23-12-14-4-1-2-5-15(14)13-8-10-22-11-9-13/h1-11H,12H2,(H,23,24,26). The van der Waals surface area contributed by atoms with Crippen molar-refractivity contribution >= 4 is 29.2 Å². The fraction of sp³-hybridized carbons (Fsp3) is 0.0526. The molecule has 0 aliphatic rings. The molecule has 0 atom stereocenters. The van der Waals surface area contributed by atoms with E-state index in [9.17, 15) is 0 Å². The van der Waals surface area contributed by atoms with Gasteiger partial charge < -0.3 is 5.32 Å². The second-order valence-electron chi connectivity index (χ2n) is 5.73.